The Morgan fingerprint density at radius 2 is 1.82 bits per heavy atom. The average molecular weight is 447 g/mol. The third-order valence-electron chi connectivity index (χ3n) is 8.44. The van der Waals surface area contributed by atoms with E-state index in [4.69, 9.17) is 15.5 Å². The Balaban J connectivity index is 1.35. The first-order valence-electron chi connectivity index (χ1n) is 11.9. The number of ether oxygens (including phenoxy) is 1. The quantitative estimate of drug-likeness (QED) is 0.706. The molecular weight excluding hydrogens is 416 g/mol. The van der Waals surface area contributed by atoms with Gasteiger partial charge in [-0.05, 0) is 80.6 Å². The van der Waals surface area contributed by atoms with Crippen molar-refractivity contribution in [2.75, 3.05) is 5.73 Å². The predicted octanol–water partition coefficient (Wildman–Crippen LogP) is 4.66. The zero-order valence-corrected chi connectivity index (χ0v) is 19.2. The fourth-order valence-electron chi connectivity index (χ4n) is 7.80. The van der Waals surface area contributed by atoms with Gasteiger partial charge in [-0.15, -0.1) is 0 Å². The fraction of sp³-hybridized carbons (Fsp3) is 0.538. The van der Waals surface area contributed by atoms with Crippen LogP contribution in [0.3, 0.4) is 0 Å². The summed E-state index contributed by atoms with van der Waals surface area (Å²) < 4.78 is 6.13. The lowest BCUT2D eigenvalue weighted by Crippen LogP contribution is -2.54. The highest BCUT2D eigenvalue weighted by molar-refractivity contribution is 6.09. The van der Waals surface area contributed by atoms with Crippen LogP contribution in [-0.2, 0) is 10.2 Å². The summed E-state index contributed by atoms with van der Waals surface area (Å²) in [6.45, 7) is 3.96. The van der Waals surface area contributed by atoms with Gasteiger partial charge in [0.1, 0.15) is 11.9 Å². The molecule has 4 fully saturated rings. The van der Waals surface area contributed by atoms with Crippen LogP contribution in [0.5, 0.6) is 5.88 Å². The van der Waals surface area contributed by atoms with E-state index in [-0.39, 0.29) is 10.8 Å². The largest absolute Gasteiger partial charge is 0.481 e. The van der Waals surface area contributed by atoms with E-state index < -0.39 is 11.6 Å². The van der Waals surface area contributed by atoms with Gasteiger partial charge >= 0.3 is 5.97 Å². The zero-order valence-electron chi connectivity index (χ0n) is 19.2. The summed E-state index contributed by atoms with van der Waals surface area (Å²) in [7, 11) is 0. The average Bonchev–Trinajstić information content (AvgIpc) is 2.71. The number of hydrogen-bond donors (Lipinski definition) is 2. The number of aromatic nitrogens is 2. The van der Waals surface area contributed by atoms with E-state index in [0.29, 0.717) is 35.6 Å². The van der Waals surface area contributed by atoms with Gasteiger partial charge in [0.15, 0.2) is 11.5 Å². The van der Waals surface area contributed by atoms with E-state index in [2.05, 4.69) is 34.2 Å². The van der Waals surface area contributed by atoms with Crippen molar-refractivity contribution in [2.45, 2.75) is 69.8 Å². The van der Waals surface area contributed by atoms with Gasteiger partial charge in [-0.3, -0.25) is 4.79 Å². The molecule has 7 nitrogen and oxygen atoms in total. The molecule has 4 bridgehead atoms. The molecule has 0 spiro atoms. The van der Waals surface area contributed by atoms with Crippen LogP contribution in [0.2, 0.25) is 0 Å². The zero-order chi connectivity index (χ0) is 23.0. The van der Waals surface area contributed by atoms with Crippen molar-refractivity contribution < 1.29 is 14.6 Å². The number of carbonyl (C=O) groups is 1. The number of anilines is 1. The van der Waals surface area contributed by atoms with Crippen LogP contribution < -0.4 is 10.5 Å². The Labute approximate surface area is 193 Å². The summed E-state index contributed by atoms with van der Waals surface area (Å²) in [4.78, 5) is 24.7. The summed E-state index contributed by atoms with van der Waals surface area (Å²) in [5.41, 5.74) is 9.06. The summed E-state index contributed by atoms with van der Waals surface area (Å²) >= 11 is 0. The number of nitrogens with two attached hydrogens (primary N) is 1. The SMILES string of the molecule is CC1(C)Oc2ncnc(N)c2N=C1c1ccc(C23C[C@@H]4C[C@@H](CC(CC(=O)O)(C4)C2)C3)cc1. The molecule has 7 rings (SSSR count). The summed E-state index contributed by atoms with van der Waals surface area (Å²) in [5.74, 6) is 1.37. The van der Waals surface area contributed by atoms with Crippen LogP contribution >= 0.6 is 0 Å². The van der Waals surface area contributed by atoms with Crippen molar-refractivity contribution >= 4 is 23.2 Å². The van der Waals surface area contributed by atoms with Crippen molar-refractivity contribution in [3.05, 3.63) is 41.7 Å². The monoisotopic (exact) mass is 446 g/mol. The highest BCUT2D eigenvalue weighted by atomic mass is 16.5. The molecule has 7 heteroatoms. The fourth-order valence-corrected chi connectivity index (χ4v) is 7.80. The van der Waals surface area contributed by atoms with Gasteiger partial charge in [0.2, 0.25) is 5.88 Å². The van der Waals surface area contributed by atoms with Gasteiger partial charge in [-0.25, -0.2) is 9.98 Å². The van der Waals surface area contributed by atoms with Crippen LogP contribution in [0.25, 0.3) is 0 Å². The Morgan fingerprint density at radius 1 is 1.12 bits per heavy atom. The number of carboxylic acid groups (broad SMARTS) is 1. The standard InChI is InChI=1S/C26H30N4O3/c1-24(2)21(30-20-22(27)28-14-29-23(20)33-24)17-3-5-18(6-4-17)26-10-15-7-16(11-26)9-25(8-15,13-26)12-19(31)32/h3-6,14-16H,7-13H2,1-2H3,(H,31,32)(H2,27,28,29)/t15-,16+,25?,26?. The second-order valence-electron chi connectivity index (χ2n) is 11.4. The Kier molecular flexibility index (Phi) is 4.24. The Bertz CT molecular complexity index is 1160. The number of nitrogen functional groups attached to an aromatic ring is 1. The second-order valence-corrected chi connectivity index (χ2v) is 11.4. The highest BCUT2D eigenvalue weighted by Gasteiger charge is 2.58. The lowest BCUT2D eigenvalue weighted by atomic mass is 9.42. The first-order chi connectivity index (χ1) is 15.7. The summed E-state index contributed by atoms with van der Waals surface area (Å²) in [6.07, 6.45) is 8.50. The molecule has 4 aliphatic carbocycles. The molecule has 0 amide bonds. The van der Waals surface area contributed by atoms with Gasteiger partial charge in [-0.1, -0.05) is 24.3 Å². The normalized spacial score (nSPS) is 33.2. The van der Waals surface area contributed by atoms with Crippen LogP contribution in [0.1, 0.15) is 69.9 Å². The number of aliphatic carboxylic acids is 1. The van der Waals surface area contributed by atoms with E-state index in [1.165, 1.54) is 31.2 Å². The molecule has 1 aliphatic heterocycles. The lowest BCUT2D eigenvalue weighted by Gasteiger charge is -2.62. The van der Waals surface area contributed by atoms with Crippen molar-refractivity contribution in [1.29, 1.82) is 0 Å². The number of rotatable bonds is 4. The van der Waals surface area contributed by atoms with Crippen LogP contribution in [0, 0.1) is 17.3 Å². The predicted molar refractivity (Wildman–Crippen MR) is 125 cm³/mol. The number of benzene rings is 1. The number of aliphatic imine (C=N–C) groups is 1. The summed E-state index contributed by atoms with van der Waals surface area (Å²) in [6, 6.07) is 8.73. The molecule has 172 valence electrons. The third kappa shape index (κ3) is 3.23. The number of nitrogens with zero attached hydrogens (tertiary/aromatic N) is 3. The van der Waals surface area contributed by atoms with Gasteiger partial charge < -0.3 is 15.6 Å². The molecule has 1 aromatic heterocycles. The maximum atomic E-state index is 11.7. The topological polar surface area (TPSA) is 111 Å². The molecule has 4 saturated carbocycles. The third-order valence-corrected chi connectivity index (χ3v) is 8.44. The molecule has 1 aromatic carbocycles. The van der Waals surface area contributed by atoms with Crippen LogP contribution in [0.15, 0.2) is 35.6 Å². The molecule has 2 unspecified atom stereocenters. The minimum Gasteiger partial charge on any atom is -0.481 e. The minimum atomic E-state index is -0.651. The van der Waals surface area contributed by atoms with Gasteiger partial charge in [0.25, 0.3) is 0 Å². The van der Waals surface area contributed by atoms with E-state index in [1.54, 1.807) is 0 Å². The second kappa shape index (κ2) is 6.78. The molecule has 3 N–H and O–H groups in total. The van der Waals surface area contributed by atoms with Crippen molar-refractivity contribution in [1.82, 2.24) is 9.97 Å². The lowest BCUT2D eigenvalue weighted by molar-refractivity contribution is -0.146. The number of fused-ring (bicyclic) bond motifs is 1. The van der Waals surface area contributed by atoms with E-state index >= 15 is 0 Å². The van der Waals surface area contributed by atoms with Crippen molar-refractivity contribution in [3.8, 4) is 5.88 Å². The van der Waals surface area contributed by atoms with Gasteiger partial charge in [-0.2, -0.15) is 4.98 Å². The van der Waals surface area contributed by atoms with Crippen LogP contribution in [0.4, 0.5) is 11.5 Å². The minimum absolute atomic E-state index is 0.0287. The smallest absolute Gasteiger partial charge is 0.303 e. The Hall–Kier alpha value is -2.96. The molecule has 2 heterocycles. The molecule has 2 aromatic rings. The van der Waals surface area contributed by atoms with E-state index in [1.807, 2.05) is 13.8 Å². The number of carboxylic acids is 1. The first-order valence-corrected chi connectivity index (χ1v) is 11.9. The molecule has 5 aliphatic rings. The molecule has 4 atom stereocenters. The van der Waals surface area contributed by atoms with Crippen molar-refractivity contribution in [2.24, 2.45) is 22.2 Å². The highest BCUT2D eigenvalue weighted by Crippen LogP contribution is 2.66. The number of hydrogen-bond acceptors (Lipinski definition) is 6. The molecule has 0 radical (unpaired) electrons. The van der Waals surface area contributed by atoms with Crippen molar-refractivity contribution in [3.63, 3.8) is 0 Å². The van der Waals surface area contributed by atoms with Crippen LogP contribution in [-0.4, -0.2) is 32.4 Å². The molecule has 0 saturated heterocycles. The van der Waals surface area contributed by atoms with Gasteiger partial charge in [0.05, 0.1) is 12.1 Å². The maximum absolute atomic E-state index is 11.7. The maximum Gasteiger partial charge on any atom is 0.303 e. The van der Waals surface area contributed by atoms with E-state index in [9.17, 15) is 9.90 Å². The first kappa shape index (κ1) is 20.6. The summed E-state index contributed by atoms with van der Waals surface area (Å²) in [5, 5.41) is 9.60. The molecular formula is C26H30N4O3. The van der Waals surface area contributed by atoms with E-state index in [0.717, 1.165) is 30.5 Å². The van der Waals surface area contributed by atoms with Gasteiger partial charge in [0, 0.05) is 5.56 Å². The molecule has 33 heavy (non-hydrogen) atoms. The Morgan fingerprint density at radius 3 is 2.48 bits per heavy atom.